The Morgan fingerprint density at radius 1 is 0.912 bits per heavy atom. The highest BCUT2D eigenvalue weighted by Crippen LogP contribution is 2.19. The van der Waals surface area contributed by atoms with Crippen molar-refractivity contribution in [3.63, 3.8) is 0 Å². The summed E-state index contributed by atoms with van der Waals surface area (Å²) in [4.78, 5) is 39.5. The number of carbonyl (C=O) groups is 3. The van der Waals surface area contributed by atoms with E-state index in [0.29, 0.717) is 11.4 Å². The second-order valence-corrected chi connectivity index (χ2v) is 10.3. The number of carbonyl (C=O) groups excluding carboxylic acids is 3. The SMILES string of the molecule is Cc1ccc(NC(=O)CS(=O)CC(=O)N(CC(=O)NC2CCCCC2)c2cccc(C)c2)cc1. The van der Waals surface area contributed by atoms with Crippen LogP contribution in [0.5, 0.6) is 0 Å². The van der Waals surface area contributed by atoms with Crippen LogP contribution in [0.4, 0.5) is 11.4 Å². The van der Waals surface area contributed by atoms with Gasteiger partial charge < -0.3 is 15.5 Å². The Labute approximate surface area is 203 Å². The van der Waals surface area contributed by atoms with Crippen LogP contribution in [0.2, 0.25) is 0 Å². The van der Waals surface area contributed by atoms with Crippen molar-refractivity contribution in [2.24, 2.45) is 0 Å². The zero-order valence-electron chi connectivity index (χ0n) is 19.8. The Bertz CT molecular complexity index is 1030. The van der Waals surface area contributed by atoms with Crippen LogP contribution in [0.25, 0.3) is 0 Å². The van der Waals surface area contributed by atoms with Crippen molar-refractivity contribution in [1.29, 1.82) is 0 Å². The lowest BCUT2D eigenvalue weighted by atomic mass is 9.95. The van der Waals surface area contributed by atoms with Crippen molar-refractivity contribution in [2.75, 3.05) is 28.3 Å². The van der Waals surface area contributed by atoms with Gasteiger partial charge in [-0.25, -0.2) is 0 Å². The van der Waals surface area contributed by atoms with E-state index in [1.807, 2.05) is 44.2 Å². The van der Waals surface area contributed by atoms with E-state index in [0.717, 1.165) is 36.8 Å². The molecule has 0 spiro atoms. The van der Waals surface area contributed by atoms with Gasteiger partial charge >= 0.3 is 0 Å². The first-order valence-corrected chi connectivity index (χ1v) is 13.2. The van der Waals surface area contributed by atoms with Gasteiger partial charge in [-0.1, -0.05) is 49.1 Å². The zero-order valence-corrected chi connectivity index (χ0v) is 20.7. The van der Waals surface area contributed by atoms with E-state index in [2.05, 4.69) is 10.6 Å². The molecule has 0 aromatic heterocycles. The van der Waals surface area contributed by atoms with Gasteiger partial charge in [0, 0.05) is 28.2 Å². The number of hydrogen-bond donors (Lipinski definition) is 2. The van der Waals surface area contributed by atoms with Crippen molar-refractivity contribution in [3.8, 4) is 0 Å². The molecule has 0 saturated heterocycles. The molecule has 1 aliphatic rings. The second kappa shape index (κ2) is 12.5. The van der Waals surface area contributed by atoms with E-state index in [-0.39, 0.29) is 30.0 Å². The highest BCUT2D eigenvalue weighted by Gasteiger charge is 2.24. The summed E-state index contributed by atoms with van der Waals surface area (Å²) < 4.78 is 12.6. The van der Waals surface area contributed by atoms with E-state index < -0.39 is 22.6 Å². The van der Waals surface area contributed by atoms with E-state index in [1.54, 1.807) is 18.2 Å². The fourth-order valence-corrected chi connectivity index (χ4v) is 4.93. The summed E-state index contributed by atoms with van der Waals surface area (Å²) in [5.74, 6) is -1.75. The Hall–Kier alpha value is -3.00. The van der Waals surface area contributed by atoms with Gasteiger partial charge in [0.05, 0.1) is 0 Å². The maximum atomic E-state index is 13.1. The fraction of sp³-hybridized carbons (Fsp3) is 0.423. The lowest BCUT2D eigenvalue weighted by Gasteiger charge is -2.26. The minimum Gasteiger partial charge on any atom is -0.352 e. The molecule has 3 amide bonds. The number of anilines is 2. The Kier molecular flexibility index (Phi) is 9.39. The molecule has 3 rings (SSSR count). The third-order valence-electron chi connectivity index (χ3n) is 5.80. The average Bonchev–Trinajstić information content (AvgIpc) is 2.79. The highest BCUT2D eigenvalue weighted by atomic mass is 32.2. The molecule has 182 valence electrons. The predicted molar refractivity (Wildman–Crippen MR) is 136 cm³/mol. The summed E-state index contributed by atoms with van der Waals surface area (Å²) in [5, 5.41) is 5.73. The maximum absolute atomic E-state index is 13.1. The number of rotatable bonds is 9. The van der Waals surface area contributed by atoms with Crippen LogP contribution in [0.3, 0.4) is 0 Å². The van der Waals surface area contributed by atoms with Crippen LogP contribution in [0.1, 0.15) is 43.2 Å². The molecule has 34 heavy (non-hydrogen) atoms. The van der Waals surface area contributed by atoms with Gasteiger partial charge in [-0.05, 0) is 56.5 Å². The minimum atomic E-state index is -1.71. The van der Waals surface area contributed by atoms with E-state index >= 15 is 0 Å². The second-order valence-electron chi connectivity index (χ2n) is 8.86. The first-order chi connectivity index (χ1) is 16.3. The van der Waals surface area contributed by atoms with E-state index in [4.69, 9.17) is 0 Å². The third kappa shape index (κ3) is 8.09. The molecule has 2 aromatic rings. The highest BCUT2D eigenvalue weighted by molar-refractivity contribution is 7.86. The number of nitrogens with zero attached hydrogens (tertiary/aromatic N) is 1. The largest absolute Gasteiger partial charge is 0.352 e. The van der Waals surface area contributed by atoms with Crippen molar-refractivity contribution in [3.05, 3.63) is 59.7 Å². The topological polar surface area (TPSA) is 95.6 Å². The van der Waals surface area contributed by atoms with Crippen molar-refractivity contribution >= 4 is 39.9 Å². The van der Waals surface area contributed by atoms with Gasteiger partial charge in [0.15, 0.2) is 0 Å². The lowest BCUT2D eigenvalue weighted by Crippen LogP contribution is -2.46. The van der Waals surface area contributed by atoms with Crippen LogP contribution < -0.4 is 15.5 Å². The normalized spacial score (nSPS) is 14.8. The predicted octanol–water partition coefficient (Wildman–Crippen LogP) is 3.47. The molecule has 1 unspecified atom stereocenters. The standard InChI is InChI=1S/C26H33N3O4S/c1-19-11-13-22(14-12-19)28-25(31)17-34(33)18-26(32)29(23-10-6-7-20(2)15-23)16-24(30)27-21-8-4-3-5-9-21/h6-7,10-15,21H,3-5,8-9,16-18H2,1-2H3,(H,27,30)(H,28,31). The van der Waals surface area contributed by atoms with Crippen LogP contribution in [-0.2, 0) is 25.2 Å². The summed E-state index contributed by atoms with van der Waals surface area (Å²) in [7, 11) is -1.71. The smallest absolute Gasteiger partial charge is 0.240 e. The Balaban J connectivity index is 1.61. The van der Waals surface area contributed by atoms with E-state index in [1.165, 1.54) is 11.3 Å². The van der Waals surface area contributed by atoms with Crippen molar-refractivity contribution < 1.29 is 18.6 Å². The molecule has 7 nitrogen and oxygen atoms in total. The number of amides is 3. The quantitative estimate of drug-likeness (QED) is 0.571. The van der Waals surface area contributed by atoms with Gasteiger partial charge in [-0.3, -0.25) is 18.6 Å². The summed E-state index contributed by atoms with van der Waals surface area (Å²) in [6.07, 6.45) is 5.27. The molecule has 0 aliphatic heterocycles. The Morgan fingerprint density at radius 3 is 2.29 bits per heavy atom. The van der Waals surface area contributed by atoms with Gasteiger partial charge in [-0.2, -0.15) is 0 Å². The average molecular weight is 484 g/mol. The zero-order chi connectivity index (χ0) is 24.5. The van der Waals surface area contributed by atoms with Crippen LogP contribution in [-0.4, -0.2) is 46.0 Å². The monoisotopic (exact) mass is 483 g/mol. The first kappa shape index (κ1) is 25.6. The van der Waals surface area contributed by atoms with Crippen LogP contribution in [0.15, 0.2) is 48.5 Å². The summed E-state index contributed by atoms with van der Waals surface area (Å²) in [6.45, 7) is 3.70. The number of benzene rings is 2. The van der Waals surface area contributed by atoms with Gasteiger partial charge in [0.1, 0.15) is 18.1 Å². The summed E-state index contributed by atoms with van der Waals surface area (Å²) in [5.41, 5.74) is 3.20. The first-order valence-electron chi connectivity index (χ1n) is 11.7. The van der Waals surface area contributed by atoms with Gasteiger partial charge in [-0.15, -0.1) is 0 Å². The molecule has 0 bridgehead atoms. The van der Waals surface area contributed by atoms with Crippen LogP contribution in [0, 0.1) is 13.8 Å². The maximum Gasteiger partial charge on any atom is 0.240 e. The molecule has 8 heteroatoms. The van der Waals surface area contributed by atoms with Gasteiger partial charge in [0.2, 0.25) is 17.7 Å². The molecule has 1 saturated carbocycles. The molecular formula is C26H33N3O4S. The van der Waals surface area contributed by atoms with Crippen molar-refractivity contribution in [1.82, 2.24) is 5.32 Å². The Morgan fingerprint density at radius 2 is 1.62 bits per heavy atom. The van der Waals surface area contributed by atoms with Gasteiger partial charge in [0.25, 0.3) is 0 Å². The molecule has 2 aromatic carbocycles. The van der Waals surface area contributed by atoms with E-state index in [9.17, 15) is 18.6 Å². The molecule has 2 N–H and O–H groups in total. The molecule has 0 radical (unpaired) electrons. The molecular weight excluding hydrogens is 450 g/mol. The fourth-order valence-electron chi connectivity index (χ4n) is 4.03. The number of hydrogen-bond acceptors (Lipinski definition) is 4. The lowest BCUT2D eigenvalue weighted by molar-refractivity contribution is -0.123. The number of aryl methyl sites for hydroxylation is 2. The summed E-state index contributed by atoms with van der Waals surface area (Å²) >= 11 is 0. The molecule has 0 heterocycles. The molecule has 1 aliphatic carbocycles. The minimum absolute atomic E-state index is 0.135. The molecule has 1 atom stereocenters. The van der Waals surface area contributed by atoms with Crippen molar-refractivity contribution in [2.45, 2.75) is 52.0 Å². The van der Waals surface area contributed by atoms with Crippen LogP contribution >= 0.6 is 0 Å². The molecule has 1 fully saturated rings. The summed E-state index contributed by atoms with van der Waals surface area (Å²) in [6, 6.07) is 14.7. The number of nitrogens with one attached hydrogen (secondary N) is 2. The third-order valence-corrected chi connectivity index (χ3v) is 6.95.